The highest BCUT2D eigenvalue weighted by atomic mass is 15.2. The largest absolute Gasteiger partial charge is 0.271 e. The molecule has 3 heteroatoms. The van der Waals surface area contributed by atoms with E-state index in [4.69, 9.17) is 5.84 Å². The van der Waals surface area contributed by atoms with Gasteiger partial charge in [0.1, 0.15) is 0 Å². The van der Waals surface area contributed by atoms with Gasteiger partial charge in [0.25, 0.3) is 0 Å². The molecule has 0 fully saturated rings. The molecule has 0 aliphatic heterocycles. The molecule has 1 aromatic heterocycles. The number of nitrogens with one attached hydrogen (secondary N) is 1. The second kappa shape index (κ2) is 5.76. The van der Waals surface area contributed by atoms with Crippen molar-refractivity contribution in [1.82, 2.24) is 10.4 Å². The van der Waals surface area contributed by atoms with Crippen LogP contribution in [0.3, 0.4) is 0 Å². The zero-order valence-corrected chi connectivity index (χ0v) is 10.9. The van der Waals surface area contributed by atoms with Gasteiger partial charge in [-0.1, -0.05) is 30.3 Å². The fraction of sp³-hybridized carbons (Fsp3) is 0.267. The number of aromatic nitrogens is 1. The molecule has 1 heterocycles. The Morgan fingerprint density at radius 2 is 2.00 bits per heavy atom. The maximum Gasteiger partial charge on any atom is 0.0515 e. The highest BCUT2D eigenvalue weighted by Gasteiger charge is 2.12. The van der Waals surface area contributed by atoms with E-state index in [2.05, 4.69) is 47.7 Å². The first-order chi connectivity index (χ1) is 8.70. The van der Waals surface area contributed by atoms with Crippen molar-refractivity contribution in [3.05, 3.63) is 65.0 Å². The van der Waals surface area contributed by atoms with Crippen LogP contribution in [0.1, 0.15) is 28.3 Å². The van der Waals surface area contributed by atoms with Crippen LogP contribution in [-0.4, -0.2) is 4.98 Å². The molecule has 0 spiro atoms. The lowest BCUT2D eigenvalue weighted by Gasteiger charge is -2.17. The van der Waals surface area contributed by atoms with Gasteiger partial charge in [0.2, 0.25) is 0 Å². The number of rotatable bonds is 4. The molecule has 0 aliphatic rings. The van der Waals surface area contributed by atoms with E-state index in [0.717, 1.165) is 17.5 Å². The summed E-state index contributed by atoms with van der Waals surface area (Å²) in [5, 5.41) is 0. The quantitative estimate of drug-likeness (QED) is 0.638. The maximum absolute atomic E-state index is 5.68. The average Bonchev–Trinajstić information content (AvgIpc) is 2.38. The first-order valence-corrected chi connectivity index (χ1v) is 6.13. The summed E-state index contributed by atoms with van der Waals surface area (Å²) in [6, 6.07) is 10.6. The van der Waals surface area contributed by atoms with Gasteiger partial charge in [-0.15, -0.1) is 0 Å². The van der Waals surface area contributed by atoms with Gasteiger partial charge in [-0.3, -0.25) is 16.3 Å². The van der Waals surface area contributed by atoms with Gasteiger partial charge in [-0.25, -0.2) is 0 Å². The van der Waals surface area contributed by atoms with E-state index >= 15 is 0 Å². The molecule has 0 saturated carbocycles. The SMILES string of the molecule is Cc1cncc(C(Cc2ccccc2C)NN)c1. The monoisotopic (exact) mass is 241 g/mol. The van der Waals surface area contributed by atoms with Crippen molar-refractivity contribution in [3.8, 4) is 0 Å². The Balaban J connectivity index is 2.23. The van der Waals surface area contributed by atoms with Gasteiger partial charge in [-0.2, -0.15) is 0 Å². The predicted octanol–water partition coefficient (Wildman–Crippen LogP) is 2.45. The standard InChI is InChI=1S/C15H19N3/c1-11-7-14(10-17-9-11)15(18-16)8-13-6-4-3-5-12(13)2/h3-7,9-10,15,18H,8,16H2,1-2H3. The highest BCUT2D eigenvalue weighted by Crippen LogP contribution is 2.19. The molecule has 0 saturated heterocycles. The van der Waals surface area contributed by atoms with Crippen molar-refractivity contribution in [3.63, 3.8) is 0 Å². The van der Waals surface area contributed by atoms with E-state index in [1.165, 1.54) is 11.1 Å². The summed E-state index contributed by atoms with van der Waals surface area (Å²) in [5.74, 6) is 5.68. The fourth-order valence-corrected chi connectivity index (χ4v) is 2.10. The van der Waals surface area contributed by atoms with Crippen molar-refractivity contribution in [1.29, 1.82) is 0 Å². The van der Waals surface area contributed by atoms with Crippen molar-refractivity contribution in [2.75, 3.05) is 0 Å². The lowest BCUT2D eigenvalue weighted by Crippen LogP contribution is -2.29. The fourth-order valence-electron chi connectivity index (χ4n) is 2.10. The summed E-state index contributed by atoms with van der Waals surface area (Å²) in [6.45, 7) is 4.16. The molecule has 3 nitrogen and oxygen atoms in total. The Morgan fingerprint density at radius 3 is 2.67 bits per heavy atom. The maximum atomic E-state index is 5.68. The molecule has 2 aromatic rings. The molecule has 3 N–H and O–H groups in total. The zero-order valence-electron chi connectivity index (χ0n) is 10.9. The van der Waals surface area contributed by atoms with Crippen LogP contribution in [0.25, 0.3) is 0 Å². The smallest absolute Gasteiger partial charge is 0.0515 e. The van der Waals surface area contributed by atoms with Crippen molar-refractivity contribution in [2.24, 2.45) is 5.84 Å². The van der Waals surface area contributed by atoms with Crippen LogP contribution in [0.5, 0.6) is 0 Å². The van der Waals surface area contributed by atoms with Crippen molar-refractivity contribution in [2.45, 2.75) is 26.3 Å². The first-order valence-electron chi connectivity index (χ1n) is 6.13. The topological polar surface area (TPSA) is 50.9 Å². The van der Waals surface area contributed by atoms with Crippen LogP contribution in [0, 0.1) is 13.8 Å². The minimum Gasteiger partial charge on any atom is -0.271 e. The Hall–Kier alpha value is -1.71. The van der Waals surface area contributed by atoms with Gasteiger partial charge < -0.3 is 0 Å². The Kier molecular flexibility index (Phi) is 4.07. The third-order valence-corrected chi connectivity index (χ3v) is 3.18. The summed E-state index contributed by atoms with van der Waals surface area (Å²) in [7, 11) is 0. The molecule has 1 unspecified atom stereocenters. The summed E-state index contributed by atoms with van der Waals surface area (Å²) >= 11 is 0. The van der Waals surface area contributed by atoms with Crippen LogP contribution in [0.2, 0.25) is 0 Å². The molecule has 1 aromatic carbocycles. The third kappa shape index (κ3) is 2.94. The van der Waals surface area contributed by atoms with E-state index in [9.17, 15) is 0 Å². The molecule has 0 radical (unpaired) electrons. The molecule has 2 rings (SSSR count). The second-order valence-electron chi connectivity index (χ2n) is 4.65. The van der Waals surface area contributed by atoms with Crippen molar-refractivity contribution >= 4 is 0 Å². The van der Waals surface area contributed by atoms with E-state index < -0.39 is 0 Å². The molecular formula is C15H19N3. The lowest BCUT2D eigenvalue weighted by atomic mass is 9.97. The zero-order chi connectivity index (χ0) is 13.0. The number of hydrazine groups is 1. The highest BCUT2D eigenvalue weighted by molar-refractivity contribution is 5.29. The van der Waals surface area contributed by atoms with Crippen LogP contribution < -0.4 is 11.3 Å². The molecule has 0 amide bonds. The van der Waals surface area contributed by atoms with E-state index in [0.29, 0.717) is 0 Å². The Morgan fingerprint density at radius 1 is 1.22 bits per heavy atom. The first kappa shape index (κ1) is 12.7. The third-order valence-electron chi connectivity index (χ3n) is 3.18. The summed E-state index contributed by atoms with van der Waals surface area (Å²) in [4.78, 5) is 4.22. The lowest BCUT2D eigenvalue weighted by molar-refractivity contribution is 0.549. The number of aryl methyl sites for hydroxylation is 2. The number of pyridine rings is 1. The molecule has 94 valence electrons. The number of hydrogen-bond acceptors (Lipinski definition) is 3. The molecule has 1 atom stereocenters. The average molecular weight is 241 g/mol. The number of nitrogens with zero attached hydrogens (tertiary/aromatic N) is 1. The van der Waals surface area contributed by atoms with E-state index in [-0.39, 0.29) is 6.04 Å². The van der Waals surface area contributed by atoms with Gasteiger partial charge in [-0.05, 0) is 42.5 Å². The summed E-state index contributed by atoms with van der Waals surface area (Å²) in [5.41, 5.74) is 7.75. The second-order valence-corrected chi connectivity index (χ2v) is 4.65. The van der Waals surface area contributed by atoms with Crippen LogP contribution in [0.15, 0.2) is 42.7 Å². The minimum atomic E-state index is 0.0958. The van der Waals surface area contributed by atoms with E-state index in [1.54, 1.807) is 0 Å². The summed E-state index contributed by atoms with van der Waals surface area (Å²) in [6.07, 6.45) is 4.59. The van der Waals surface area contributed by atoms with Gasteiger partial charge in [0, 0.05) is 12.4 Å². The summed E-state index contributed by atoms with van der Waals surface area (Å²) < 4.78 is 0. The molecule has 18 heavy (non-hydrogen) atoms. The van der Waals surface area contributed by atoms with Gasteiger partial charge in [0.15, 0.2) is 0 Å². The van der Waals surface area contributed by atoms with Crippen LogP contribution >= 0.6 is 0 Å². The Labute approximate surface area is 108 Å². The predicted molar refractivity (Wildman–Crippen MR) is 73.9 cm³/mol. The minimum absolute atomic E-state index is 0.0958. The number of nitrogens with two attached hydrogens (primary N) is 1. The molecule has 0 aliphatic carbocycles. The normalized spacial score (nSPS) is 12.4. The molecule has 0 bridgehead atoms. The molecular weight excluding hydrogens is 222 g/mol. The number of hydrogen-bond donors (Lipinski definition) is 2. The Bertz CT molecular complexity index is 523. The van der Waals surface area contributed by atoms with E-state index in [1.807, 2.05) is 19.3 Å². The number of benzene rings is 1. The van der Waals surface area contributed by atoms with Crippen LogP contribution in [-0.2, 0) is 6.42 Å². The van der Waals surface area contributed by atoms with Gasteiger partial charge >= 0.3 is 0 Å². The van der Waals surface area contributed by atoms with Crippen LogP contribution in [0.4, 0.5) is 0 Å². The van der Waals surface area contributed by atoms with Crippen molar-refractivity contribution < 1.29 is 0 Å². The van der Waals surface area contributed by atoms with Gasteiger partial charge in [0.05, 0.1) is 6.04 Å².